The topological polar surface area (TPSA) is 35.8 Å². The first-order valence-corrected chi connectivity index (χ1v) is 11.3. The van der Waals surface area contributed by atoms with Crippen LogP contribution in [0.25, 0.3) is 11.3 Å². The van der Waals surface area contributed by atoms with Gasteiger partial charge < -0.3 is 14.0 Å². The first kappa shape index (κ1) is 19.8. The largest absolute Gasteiger partial charge is 0.497 e. The van der Waals surface area contributed by atoms with Crippen molar-refractivity contribution in [3.8, 4) is 22.8 Å². The molecular formula is C24H28N2O2S. The summed E-state index contributed by atoms with van der Waals surface area (Å²) in [6, 6.07) is 16.9. The molecule has 1 aliphatic carbocycles. The molecule has 0 amide bonds. The summed E-state index contributed by atoms with van der Waals surface area (Å²) in [5.74, 6) is 1.77. The molecule has 0 saturated heterocycles. The van der Waals surface area contributed by atoms with Gasteiger partial charge in [0.25, 0.3) is 0 Å². The van der Waals surface area contributed by atoms with Gasteiger partial charge in [0.2, 0.25) is 0 Å². The van der Waals surface area contributed by atoms with E-state index in [1.54, 1.807) is 18.4 Å². The Morgan fingerprint density at radius 3 is 2.31 bits per heavy atom. The minimum absolute atomic E-state index is 0.508. The van der Waals surface area contributed by atoms with Crippen molar-refractivity contribution in [2.24, 2.45) is 4.99 Å². The van der Waals surface area contributed by atoms with Crippen LogP contribution in [-0.2, 0) is 0 Å². The van der Waals surface area contributed by atoms with E-state index in [2.05, 4.69) is 22.1 Å². The minimum Gasteiger partial charge on any atom is -0.497 e. The van der Waals surface area contributed by atoms with Crippen molar-refractivity contribution in [3.05, 3.63) is 58.7 Å². The summed E-state index contributed by atoms with van der Waals surface area (Å²) in [5, 5.41) is 2.24. The first-order valence-electron chi connectivity index (χ1n) is 10.4. The molecule has 0 unspecified atom stereocenters. The maximum absolute atomic E-state index is 5.56. The number of rotatable bonds is 6. The Kier molecular flexibility index (Phi) is 6.35. The van der Waals surface area contributed by atoms with Gasteiger partial charge in [-0.15, -0.1) is 11.3 Å². The quantitative estimate of drug-likeness (QED) is 0.476. The van der Waals surface area contributed by atoms with Gasteiger partial charge in [-0.1, -0.05) is 19.3 Å². The van der Waals surface area contributed by atoms with Crippen molar-refractivity contribution < 1.29 is 9.47 Å². The van der Waals surface area contributed by atoms with E-state index in [-0.39, 0.29) is 0 Å². The molecule has 1 aliphatic rings. The molecule has 0 atom stereocenters. The molecule has 1 aromatic heterocycles. The molecule has 29 heavy (non-hydrogen) atoms. The smallest absolute Gasteiger partial charge is 0.190 e. The molecule has 5 heteroatoms. The second-order valence-corrected chi connectivity index (χ2v) is 8.17. The number of thiazole rings is 1. The zero-order chi connectivity index (χ0) is 20.1. The van der Waals surface area contributed by atoms with Crippen molar-refractivity contribution in [2.75, 3.05) is 13.7 Å². The average Bonchev–Trinajstić information content (AvgIpc) is 3.19. The van der Waals surface area contributed by atoms with Crippen LogP contribution in [0.4, 0.5) is 5.69 Å². The van der Waals surface area contributed by atoms with Crippen LogP contribution in [0.1, 0.15) is 45.1 Å². The van der Waals surface area contributed by atoms with E-state index in [4.69, 9.17) is 14.5 Å². The van der Waals surface area contributed by atoms with Crippen molar-refractivity contribution in [2.45, 2.75) is 45.1 Å². The number of benzene rings is 2. The molecule has 4 nitrogen and oxygen atoms in total. The van der Waals surface area contributed by atoms with Crippen LogP contribution in [0, 0.1) is 0 Å². The average molecular weight is 409 g/mol. The summed E-state index contributed by atoms with van der Waals surface area (Å²) in [6.07, 6.45) is 6.35. The molecular weight excluding hydrogens is 380 g/mol. The number of methoxy groups -OCH3 is 1. The Bertz CT molecular complexity index is 981. The molecule has 3 aromatic rings. The number of aromatic nitrogens is 1. The number of hydrogen-bond acceptors (Lipinski definition) is 4. The summed E-state index contributed by atoms with van der Waals surface area (Å²) in [7, 11) is 1.70. The lowest BCUT2D eigenvalue weighted by Gasteiger charge is -2.25. The lowest BCUT2D eigenvalue weighted by Crippen LogP contribution is -2.23. The molecule has 0 aliphatic heterocycles. The third kappa shape index (κ3) is 4.56. The zero-order valence-electron chi connectivity index (χ0n) is 17.1. The third-order valence-electron chi connectivity index (χ3n) is 5.44. The predicted molar refractivity (Wildman–Crippen MR) is 119 cm³/mol. The van der Waals surface area contributed by atoms with Crippen molar-refractivity contribution in [1.82, 2.24) is 4.57 Å². The second kappa shape index (κ2) is 9.31. The lowest BCUT2D eigenvalue weighted by molar-refractivity contribution is 0.340. The van der Waals surface area contributed by atoms with Gasteiger partial charge in [0.05, 0.1) is 25.1 Å². The summed E-state index contributed by atoms with van der Waals surface area (Å²) in [4.78, 5) is 6.06. The fourth-order valence-electron chi connectivity index (χ4n) is 3.96. The standard InChI is InChI=1S/C24H28N2O2S/c1-3-28-22-15-11-19(12-16-22)25-24-26(20-7-5-4-6-8-20)23(17-29-24)18-9-13-21(27-2)14-10-18/h9-17,20H,3-8H2,1-2H3. The molecule has 4 rings (SSSR count). The molecule has 0 N–H and O–H groups in total. The Balaban J connectivity index is 1.75. The zero-order valence-corrected chi connectivity index (χ0v) is 18.0. The van der Waals surface area contributed by atoms with Gasteiger partial charge in [-0.05, 0) is 73.9 Å². The van der Waals surface area contributed by atoms with E-state index in [9.17, 15) is 0 Å². The highest BCUT2D eigenvalue weighted by molar-refractivity contribution is 7.07. The normalized spacial score (nSPS) is 15.4. The molecule has 1 saturated carbocycles. The van der Waals surface area contributed by atoms with Crippen LogP contribution >= 0.6 is 11.3 Å². The van der Waals surface area contributed by atoms with Gasteiger partial charge >= 0.3 is 0 Å². The van der Waals surface area contributed by atoms with Gasteiger partial charge in [-0.2, -0.15) is 0 Å². The number of hydrogen-bond donors (Lipinski definition) is 0. The third-order valence-corrected chi connectivity index (χ3v) is 6.28. The van der Waals surface area contributed by atoms with E-state index in [1.807, 2.05) is 43.3 Å². The Hall–Kier alpha value is -2.53. The molecule has 152 valence electrons. The predicted octanol–water partition coefficient (Wildman–Crippen LogP) is 6.36. The number of ether oxygens (including phenoxy) is 2. The molecule has 0 radical (unpaired) electrons. The van der Waals surface area contributed by atoms with Gasteiger partial charge in [0, 0.05) is 11.4 Å². The van der Waals surface area contributed by atoms with Crippen molar-refractivity contribution >= 4 is 17.0 Å². The van der Waals surface area contributed by atoms with E-state index < -0.39 is 0 Å². The highest BCUT2D eigenvalue weighted by Gasteiger charge is 2.20. The van der Waals surface area contributed by atoms with E-state index >= 15 is 0 Å². The van der Waals surface area contributed by atoms with Crippen LogP contribution in [0.15, 0.2) is 58.9 Å². The lowest BCUT2D eigenvalue weighted by atomic mass is 9.95. The highest BCUT2D eigenvalue weighted by atomic mass is 32.1. The summed E-state index contributed by atoms with van der Waals surface area (Å²) in [6.45, 7) is 2.67. The van der Waals surface area contributed by atoms with Gasteiger partial charge in [0.15, 0.2) is 4.80 Å². The molecule has 1 heterocycles. The van der Waals surface area contributed by atoms with Crippen LogP contribution < -0.4 is 14.3 Å². The fraction of sp³-hybridized carbons (Fsp3) is 0.375. The van der Waals surface area contributed by atoms with E-state index in [1.165, 1.54) is 43.4 Å². The van der Waals surface area contributed by atoms with Gasteiger partial charge in [-0.3, -0.25) is 0 Å². The fourth-order valence-corrected chi connectivity index (χ4v) is 4.95. The summed E-state index contributed by atoms with van der Waals surface area (Å²) in [5.41, 5.74) is 3.41. The molecule has 0 bridgehead atoms. The molecule has 2 aromatic carbocycles. The van der Waals surface area contributed by atoms with Gasteiger partial charge in [-0.25, -0.2) is 4.99 Å². The monoisotopic (exact) mass is 408 g/mol. The van der Waals surface area contributed by atoms with Crippen LogP contribution in [0.5, 0.6) is 11.5 Å². The van der Waals surface area contributed by atoms with Crippen LogP contribution in [-0.4, -0.2) is 18.3 Å². The Labute approximate surface area is 176 Å². The number of nitrogens with zero attached hydrogens (tertiary/aromatic N) is 2. The summed E-state index contributed by atoms with van der Waals surface area (Å²) >= 11 is 1.72. The minimum atomic E-state index is 0.508. The maximum Gasteiger partial charge on any atom is 0.190 e. The Morgan fingerprint density at radius 2 is 1.66 bits per heavy atom. The van der Waals surface area contributed by atoms with Crippen LogP contribution in [0.2, 0.25) is 0 Å². The first-order chi connectivity index (χ1) is 14.3. The Morgan fingerprint density at radius 1 is 0.966 bits per heavy atom. The molecule has 1 fully saturated rings. The molecule has 0 spiro atoms. The second-order valence-electron chi connectivity index (χ2n) is 7.33. The van der Waals surface area contributed by atoms with E-state index in [0.717, 1.165) is 22.0 Å². The van der Waals surface area contributed by atoms with E-state index in [0.29, 0.717) is 12.6 Å². The van der Waals surface area contributed by atoms with Gasteiger partial charge in [0.1, 0.15) is 11.5 Å². The van der Waals surface area contributed by atoms with Crippen molar-refractivity contribution in [1.29, 1.82) is 0 Å². The SMILES string of the molecule is CCOc1ccc(N=c2scc(-c3ccc(OC)cc3)n2C2CCCCC2)cc1. The van der Waals surface area contributed by atoms with Crippen LogP contribution in [0.3, 0.4) is 0 Å². The maximum atomic E-state index is 5.56. The van der Waals surface area contributed by atoms with Crippen molar-refractivity contribution in [3.63, 3.8) is 0 Å². The summed E-state index contributed by atoms with van der Waals surface area (Å²) < 4.78 is 13.3. The highest BCUT2D eigenvalue weighted by Crippen LogP contribution is 2.33.